The van der Waals surface area contributed by atoms with Crippen molar-refractivity contribution in [1.29, 1.82) is 0 Å². The number of benzene rings is 2. The van der Waals surface area contributed by atoms with Crippen LogP contribution in [0.4, 0.5) is 5.69 Å². The Morgan fingerprint density at radius 2 is 1.79 bits per heavy atom. The van der Waals surface area contributed by atoms with E-state index in [2.05, 4.69) is 0 Å². The summed E-state index contributed by atoms with van der Waals surface area (Å²) in [7, 11) is 3.13. The summed E-state index contributed by atoms with van der Waals surface area (Å²) in [6.07, 6.45) is 3.84. The number of hydrogen-bond donors (Lipinski definition) is 0. The van der Waals surface area contributed by atoms with Crippen LogP contribution in [0.5, 0.6) is 17.2 Å². The maximum Gasteiger partial charge on any atom is 0.270 e. The number of carbonyl (C=O) groups is 2. The zero-order valence-corrected chi connectivity index (χ0v) is 20.0. The summed E-state index contributed by atoms with van der Waals surface area (Å²) in [4.78, 5) is 29.1. The minimum absolute atomic E-state index is 0.0270. The summed E-state index contributed by atoms with van der Waals surface area (Å²) < 4.78 is 16.8. The van der Waals surface area contributed by atoms with Gasteiger partial charge in [-0.25, -0.2) is 0 Å². The van der Waals surface area contributed by atoms with Crippen LogP contribution in [0.25, 0.3) is 6.08 Å². The van der Waals surface area contributed by atoms with Gasteiger partial charge in [-0.05, 0) is 60.9 Å². The third-order valence-electron chi connectivity index (χ3n) is 5.42. The minimum Gasteiger partial charge on any atom is -0.497 e. The van der Waals surface area contributed by atoms with Gasteiger partial charge in [0, 0.05) is 13.1 Å². The topological polar surface area (TPSA) is 68.3 Å². The van der Waals surface area contributed by atoms with Crippen molar-refractivity contribution in [3.63, 3.8) is 0 Å². The van der Waals surface area contributed by atoms with E-state index in [1.807, 2.05) is 11.0 Å². The third kappa shape index (κ3) is 5.15. The van der Waals surface area contributed by atoms with Crippen LogP contribution >= 0.6 is 24.0 Å². The lowest BCUT2D eigenvalue weighted by Gasteiger charge is -2.16. The Morgan fingerprint density at radius 1 is 1.06 bits per heavy atom. The van der Waals surface area contributed by atoms with Crippen LogP contribution in [0.2, 0.25) is 0 Å². The number of methoxy groups -OCH3 is 2. The number of anilines is 1. The van der Waals surface area contributed by atoms with Crippen LogP contribution < -0.4 is 19.1 Å². The first-order chi connectivity index (χ1) is 16.0. The van der Waals surface area contributed by atoms with Crippen LogP contribution in [-0.4, -0.2) is 55.0 Å². The van der Waals surface area contributed by atoms with Crippen molar-refractivity contribution in [2.75, 3.05) is 38.8 Å². The van der Waals surface area contributed by atoms with Gasteiger partial charge >= 0.3 is 0 Å². The highest BCUT2D eigenvalue weighted by molar-refractivity contribution is 8.27. The summed E-state index contributed by atoms with van der Waals surface area (Å²) in [5, 5.41) is 0. The molecule has 0 saturated carbocycles. The number of amides is 2. The van der Waals surface area contributed by atoms with Gasteiger partial charge in [0.25, 0.3) is 11.8 Å². The fourth-order valence-corrected chi connectivity index (χ4v) is 4.96. The number of rotatable bonds is 7. The zero-order chi connectivity index (χ0) is 23.4. The summed E-state index contributed by atoms with van der Waals surface area (Å²) in [6.45, 7) is 1.54. The Balaban J connectivity index is 1.48. The number of ether oxygens (including phenoxy) is 3. The molecule has 2 amide bonds. The molecule has 2 heterocycles. The molecule has 0 bridgehead atoms. The summed E-state index contributed by atoms with van der Waals surface area (Å²) in [6, 6.07) is 12.5. The van der Waals surface area contributed by atoms with E-state index in [1.54, 1.807) is 49.6 Å². The van der Waals surface area contributed by atoms with Crippen molar-refractivity contribution in [2.45, 2.75) is 12.8 Å². The molecule has 0 aliphatic carbocycles. The normalized spacial score (nSPS) is 17.1. The SMILES string of the molecule is COc1ccc(N2C(=O)/C(=C/c3ccc(OCC(=O)N4CCCC4)c(OC)c3)SC2=S)cc1. The van der Waals surface area contributed by atoms with E-state index in [-0.39, 0.29) is 18.4 Å². The van der Waals surface area contributed by atoms with Gasteiger partial charge < -0.3 is 19.1 Å². The number of thiocarbonyl (C=S) groups is 1. The summed E-state index contributed by atoms with van der Waals surface area (Å²) in [5.74, 6) is 1.46. The molecule has 2 aliphatic rings. The lowest BCUT2D eigenvalue weighted by Crippen LogP contribution is -2.32. The Hall–Kier alpha value is -3.04. The second kappa shape index (κ2) is 10.3. The number of carbonyl (C=O) groups excluding carboxylic acids is 2. The van der Waals surface area contributed by atoms with Gasteiger partial charge in [0.15, 0.2) is 22.4 Å². The van der Waals surface area contributed by atoms with E-state index in [4.69, 9.17) is 26.4 Å². The number of hydrogen-bond acceptors (Lipinski definition) is 7. The lowest BCUT2D eigenvalue weighted by molar-refractivity contribution is -0.132. The molecule has 2 fully saturated rings. The second-order valence-electron chi connectivity index (χ2n) is 7.50. The molecule has 7 nitrogen and oxygen atoms in total. The quantitative estimate of drug-likeness (QED) is 0.433. The van der Waals surface area contributed by atoms with Crippen molar-refractivity contribution in [1.82, 2.24) is 4.90 Å². The van der Waals surface area contributed by atoms with Gasteiger partial charge in [-0.1, -0.05) is 30.0 Å². The Morgan fingerprint density at radius 3 is 2.45 bits per heavy atom. The molecule has 0 radical (unpaired) electrons. The van der Waals surface area contributed by atoms with E-state index >= 15 is 0 Å². The van der Waals surface area contributed by atoms with Crippen LogP contribution in [-0.2, 0) is 9.59 Å². The number of likely N-dealkylation sites (tertiary alicyclic amines) is 1. The Kier molecular flexibility index (Phi) is 7.20. The molecule has 33 heavy (non-hydrogen) atoms. The molecule has 0 atom stereocenters. The fraction of sp³-hybridized carbons (Fsp3) is 0.292. The predicted molar refractivity (Wildman–Crippen MR) is 133 cm³/mol. The first-order valence-corrected chi connectivity index (χ1v) is 11.7. The molecule has 2 aromatic rings. The number of thioether (sulfide) groups is 1. The molecule has 4 rings (SSSR count). The number of nitrogens with zero attached hydrogens (tertiary/aromatic N) is 2. The minimum atomic E-state index is -0.189. The van der Waals surface area contributed by atoms with Crippen molar-refractivity contribution < 1.29 is 23.8 Å². The molecular weight excluding hydrogens is 460 g/mol. The van der Waals surface area contributed by atoms with Crippen LogP contribution in [0.3, 0.4) is 0 Å². The molecule has 0 unspecified atom stereocenters. The molecule has 2 aromatic carbocycles. The van der Waals surface area contributed by atoms with Gasteiger partial charge in [-0.15, -0.1) is 0 Å². The molecule has 2 saturated heterocycles. The van der Waals surface area contributed by atoms with Crippen molar-refractivity contribution in [3.05, 3.63) is 52.9 Å². The average Bonchev–Trinajstić information content (AvgIpc) is 3.46. The molecule has 172 valence electrons. The second-order valence-corrected chi connectivity index (χ2v) is 9.18. The largest absolute Gasteiger partial charge is 0.497 e. The Labute approximate surface area is 202 Å². The summed E-state index contributed by atoms with van der Waals surface area (Å²) in [5.41, 5.74) is 1.45. The first kappa shape index (κ1) is 23.1. The van der Waals surface area contributed by atoms with Crippen LogP contribution in [0.1, 0.15) is 18.4 Å². The van der Waals surface area contributed by atoms with E-state index in [1.165, 1.54) is 23.8 Å². The fourth-order valence-electron chi connectivity index (χ4n) is 3.66. The van der Waals surface area contributed by atoms with E-state index in [0.717, 1.165) is 31.5 Å². The molecule has 0 aromatic heterocycles. The molecule has 0 N–H and O–H groups in total. The highest BCUT2D eigenvalue weighted by atomic mass is 32.2. The van der Waals surface area contributed by atoms with Crippen LogP contribution in [0.15, 0.2) is 47.4 Å². The van der Waals surface area contributed by atoms with E-state index in [0.29, 0.717) is 32.2 Å². The molecular formula is C24H24N2O5S2. The zero-order valence-electron chi connectivity index (χ0n) is 18.4. The third-order valence-corrected chi connectivity index (χ3v) is 6.72. The van der Waals surface area contributed by atoms with Gasteiger partial charge in [0.05, 0.1) is 24.8 Å². The molecule has 2 aliphatic heterocycles. The highest BCUT2D eigenvalue weighted by Crippen LogP contribution is 2.37. The van der Waals surface area contributed by atoms with Crippen molar-refractivity contribution in [3.8, 4) is 17.2 Å². The van der Waals surface area contributed by atoms with E-state index in [9.17, 15) is 9.59 Å². The standard InChI is InChI=1S/C24H24N2O5S2/c1-29-18-8-6-17(7-9-18)26-23(28)21(33-24(26)32)14-16-5-10-19(20(13-16)30-2)31-15-22(27)25-11-3-4-12-25/h5-10,13-14H,3-4,11-12,15H2,1-2H3/b21-14-. The molecule has 0 spiro atoms. The van der Waals surface area contributed by atoms with Crippen molar-refractivity contribution in [2.24, 2.45) is 0 Å². The lowest BCUT2D eigenvalue weighted by atomic mass is 10.1. The van der Waals surface area contributed by atoms with E-state index < -0.39 is 0 Å². The average molecular weight is 485 g/mol. The Bertz CT molecular complexity index is 1090. The smallest absolute Gasteiger partial charge is 0.270 e. The van der Waals surface area contributed by atoms with Gasteiger partial charge in [0.2, 0.25) is 0 Å². The highest BCUT2D eigenvalue weighted by Gasteiger charge is 2.33. The first-order valence-electron chi connectivity index (χ1n) is 10.5. The predicted octanol–water partition coefficient (Wildman–Crippen LogP) is 4.11. The maximum absolute atomic E-state index is 13.0. The van der Waals surface area contributed by atoms with Gasteiger partial charge in [0.1, 0.15) is 5.75 Å². The monoisotopic (exact) mass is 484 g/mol. The van der Waals surface area contributed by atoms with Crippen LogP contribution in [0, 0.1) is 0 Å². The summed E-state index contributed by atoms with van der Waals surface area (Å²) >= 11 is 6.69. The van der Waals surface area contributed by atoms with Crippen molar-refractivity contribution >= 4 is 51.9 Å². The van der Waals surface area contributed by atoms with Gasteiger partial charge in [-0.3, -0.25) is 14.5 Å². The maximum atomic E-state index is 13.0. The molecule has 9 heteroatoms. The van der Waals surface area contributed by atoms with Gasteiger partial charge in [-0.2, -0.15) is 0 Å².